The maximum absolute atomic E-state index is 3.64. The number of para-hydroxylation sites is 1. The molecular formula is C36H24BrN. The van der Waals surface area contributed by atoms with Crippen LogP contribution in [0.25, 0.3) is 60.9 Å². The van der Waals surface area contributed by atoms with Gasteiger partial charge in [-0.05, 0) is 75.8 Å². The van der Waals surface area contributed by atoms with Gasteiger partial charge in [-0.2, -0.15) is 0 Å². The number of halogens is 1. The van der Waals surface area contributed by atoms with Crippen LogP contribution in [0.15, 0.2) is 150 Å². The van der Waals surface area contributed by atoms with Gasteiger partial charge in [0.1, 0.15) is 0 Å². The van der Waals surface area contributed by atoms with Crippen molar-refractivity contribution in [1.29, 1.82) is 0 Å². The second-order valence-corrected chi connectivity index (χ2v) is 10.5. The first-order valence-electron chi connectivity index (χ1n) is 12.8. The van der Waals surface area contributed by atoms with Crippen molar-refractivity contribution in [3.05, 3.63) is 150 Å². The topological polar surface area (TPSA) is 4.93 Å². The molecule has 0 radical (unpaired) electrons. The molecule has 0 aliphatic carbocycles. The van der Waals surface area contributed by atoms with Crippen LogP contribution in [0.5, 0.6) is 0 Å². The molecule has 0 N–H and O–H groups in total. The molecule has 1 nitrogen and oxygen atoms in total. The Morgan fingerprint density at radius 1 is 0.368 bits per heavy atom. The van der Waals surface area contributed by atoms with Crippen molar-refractivity contribution in [2.24, 2.45) is 0 Å². The zero-order valence-corrected chi connectivity index (χ0v) is 22.3. The minimum absolute atomic E-state index is 1.08. The summed E-state index contributed by atoms with van der Waals surface area (Å²) in [4.78, 5) is 0. The molecule has 0 unspecified atom stereocenters. The van der Waals surface area contributed by atoms with Gasteiger partial charge >= 0.3 is 0 Å². The molecular weight excluding hydrogens is 526 g/mol. The van der Waals surface area contributed by atoms with Crippen molar-refractivity contribution in [1.82, 2.24) is 4.57 Å². The third-order valence-electron chi connectivity index (χ3n) is 7.22. The van der Waals surface area contributed by atoms with Crippen LogP contribution < -0.4 is 0 Å². The van der Waals surface area contributed by atoms with Gasteiger partial charge in [0.15, 0.2) is 0 Å². The Hall–Kier alpha value is -4.40. The highest BCUT2D eigenvalue weighted by Gasteiger charge is 2.15. The number of benzene rings is 6. The fourth-order valence-electron chi connectivity index (χ4n) is 5.43. The fraction of sp³-hybridized carbons (Fsp3) is 0. The molecule has 1 heterocycles. The Kier molecular flexibility index (Phi) is 5.68. The van der Waals surface area contributed by atoms with E-state index in [1.807, 2.05) is 0 Å². The summed E-state index contributed by atoms with van der Waals surface area (Å²) >= 11 is 3.64. The van der Waals surface area contributed by atoms with Crippen LogP contribution in [0.4, 0.5) is 0 Å². The van der Waals surface area contributed by atoms with Crippen LogP contribution in [-0.2, 0) is 0 Å². The number of fused-ring (bicyclic) bond motifs is 3. The minimum Gasteiger partial charge on any atom is -0.309 e. The van der Waals surface area contributed by atoms with E-state index in [1.165, 1.54) is 55.2 Å². The molecule has 0 saturated heterocycles. The van der Waals surface area contributed by atoms with Gasteiger partial charge in [0.25, 0.3) is 0 Å². The van der Waals surface area contributed by atoms with Gasteiger partial charge in [0.2, 0.25) is 0 Å². The highest BCUT2D eigenvalue weighted by Crippen LogP contribution is 2.37. The maximum atomic E-state index is 3.64. The summed E-state index contributed by atoms with van der Waals surface area (Å²) in [6.45, 7) is 0. The summed E-state index contributed by atoms with van der Waals surface area (Å²) in [5.41, 5.74) is 10.8. The smallest absolute Gasteiger partial charge is 0.0547 e. The van der Waals surface area contributed by atoms with E-state index < -0.39 is 0 Å². The Morgan fingerprint density at radius 3 is 1.63 bits per heavy atom. The summed E-state index contributed by atoms with van der Waals surface area (Å²) in [5, 5.41) is 2.51. The zero-order chi connectivity index (χ0) is 25.5. The monoisotopic (exact) mass is 549 g/mol. The first-order valence-corrected chi connectivity index (χ1v) is 13.6. The predicted octanol–water partition coefficient (Wildman–Crippen LogP) is 10.5. The minimum atomic E-state index is 1.08. The van der Waals surface area contributed by atoms with Crippen LogP contribution in [0.3, 0.4) is 0 Å². The van der Waals surface area contributed by atoms with Gasteiger partial charge in [-0.25, -0.2) is 0 Å². The fourth-order valence-corrected chi connectivity index (χ4v) is 5.83. The quantitative estimate of drug-likeness (QED) is 0.205. The van der Waals surface area contributed by atoms with E-state index in [0.717, 1.165) is 10.2 Å². The molecule has 1 aromatic heterocycles. The Labute approximate surface area is 230 Å². The third kappa shape index (κ3) is 4.04. The van der Waals surface area contributed by atoms with E-state index in [4.69, 9.17) is 0 Å². The number of rotatable bonds is 4. The molecule has 0 amide bonds. The Morgan fingerprint density at radius 2 is 0.947 bits per heavy atom. The van der Waals surface area contributed by atoms with Crippen LogP contribution in [-0.4, -0.2) is 4.57 Å². The highest BCUT2D eigenvalue weighted by molar-refractivity contribution is 9.10. The van der Waals surface area contributed by atoms with E-state index in [2.05, 4.69) is 166 Å². The second kappa shape index (κ2) is 9.48. The lowest BCUT2D eigenvalue weighted by Crippen LogP contribution is -1.96. The van der Waals surface area contributed by atoms with E-state index in [9.17, 15) is 0 Å². The van der Waals surface area contributed by atoms with Gasteiger partial charge in [0.05, 0.1) is 11.0 Å². The summed E-state index contributed by atoms with van der Waals surface area (Å²) in [6, 6.07) is 52.3. The average molecular weight is 550 g/mol. The SMILES string of the molecule is Brc1cccc(-c2ccc3c4ccccc4n(-c4cc(-c5ccccc5)cc(-c5ccccc5)c4)c3c2)c1. The van der Waals surface area contributed by atoms with Crippen LogP contribution in [0.1, 0.15) is 0 Å². The van der Waals surface area contributed by atoms with Crippen molar-refractivity contribution >= 4 is 37.7 Å². The van der Waals surface area contributed by atoms with E-state index in [-0.39, 0.29) is 0 Å². The molecule has 0 aliphatic heterocycles. The normalized spacial score (nSPS) is 11.3. The number of aromatic nitrogens is 1. The molecule has 0 atom stereocenters. The largest absolute Gasteiger partial charge is 0.309 e. The van der Waals surface area contributed by atoms with Gasteiger partial charge in [-0.15, -0.1) is 0 Å². The summed E-state index contributed by atoms with van der Waals surface area (Å²) in [7, 11) is 0. The number of hydrogen-bond acceptors (Lipinski definition) is 0. The summed E-state index contributed by atoms with van der Waals surface area (Å²) in [5.74, 6) is 0. The maximum Gasteiger partial charge on any atom is 0.0547 e. The molecule has 0 saturated carbocycles. The average Bonchev–Trinajstić information content (AvgIpc) is 3.31. The van der Waals surface area contributed by atoms with Gasteiger partial charge in [-0.3, -0.25) is 0 Å². The van der Waals surface area contributed by atoms with Crippen LogP contribution >= 0.6 is 15.9 Å². The molecule has 0 bridgehead atoms. The molecule has 38 heavy (non-hydrogen) atoms. The van der Waals surface area contributed by atoms with Gasteiger partial charge in [-0.1, -0.05) is 119 Å². The molecule has 0 fully saturated rings. The third-order valence-corrected chi connectivity index (χ3v) is 7.72. The lowest BCUT2D eigenvalue weighted by atomic mass is 9.98. The summed E-state index contributed by atoms with van der Waals surface area (Å²) < 4.78 is 3.50. The second-order valence-electron chi connectivity index (χ2n) is 9.60. The Balaban J connectivity index is 1.54. The summed E-state index contributed by atoms with van der Waals surface area (Å²) in [6.07, 6.45) is 0. The van der Waals surface area contributed by atoms with Crippen molar-refractivity contribution in [3.63, 3.8) is 0 Å². The zero-order valence-electron chi connectivity index (χ0n) is 20.7. The first-order chi connectivity index (χ1) is 18.7. The molecule has 0 aliphatic rings. The van der Waals surface area contributed by atoms with Crippen LogP contribution in [0, 0.1) is 0 Å². The van der Waals surface area contributed by atoms with Crippen LogP contribution in [0.2, 0.25) is 0 Å². The van der Waals surface area contributed by atoms with Crippen molar-refractivity contribution in [2.75, 3.05) is 0 Å². The first kappa shape index (κ1) is 22.8. The van der Waals surface area contributed by atoms with E-state index in [0.29, 0.717) is 0 Å². The van der Waals surface area contributed by atoms with E-state index >= 15 is 0 Å². The molecule has 2 heteroatoms. The standard InChI is InChI=1S/C36H24BrN/c37-31-15-9-14-27(21-31)28-18-19-34-33-16-7-8-17-35(33)38(36(34)24-28)32-22-29(25-10-3-1-4-11-25)20-30(23-32)26-12-5-2-6-13-26/h1-24H. The lowest BCUT2D eigenvalue weighted by Gasteiger charge is -2.14. The molecule has 7 rings (SSSR count). The van der Waals surface area contributed by atoms with Gasteiger partial charge < -0.3 is 4.57 Å². The number of hydrogen-bond donors (Lipinski definition) is 0. The predicted molar refractivity (Wildman–Crippen MR) is 165 cm³/mol. The van der Waals surface area contributed by atoms with Crippen molar-refractivity contribution in [2.45, 2.75) is 0 Å². The van der Waals surface area contributed by atoms with Crippen molar-refractivity contribution in [3.8, 4) is 39.1 Å². The molecule has 0 spiro atoms. The highest BCUT2D eigenvalue weighted by atomic mass is 79.9. The van der Waals surface area contributed by atoms with Crippen molar-refractivity contribution < 1.29 is 0 Å². The van der Waals surface area contributed by atoms with E-state index in [1.54, 1.807) is 0 Å². The molecule has 7 aromatic rings. The molecule has 180 valence electrons. The Bertz CT molecular complexity index is 1860. The van der Waals surface area contributed by atoms with Gasteiger partial charge in [0, 0.05) is 20.9 Å². The number of nitrogens with zero attached hydrogens (tertiary/aromatic N) is 1. The molecule has 6 aromatic carbocycles. The lowest BCUT2D eigenvalue weighted by molar-refractivity contribution is 1.18.